The number of ketones is 1. The highest BCUT2D eigenvalue weighted by Gasteiger charge is 2.06. The smallest absolute Gasteiger partial charge is 0.185 e. The van der Waals surface area contributed by atoms with Crippen LogP contribution in [0.25, 0.3) is 6.08 Å². The molecule has 0 aromatic heterocycles. The Morgan fingerprint density at radius 3 is 2.52 bits per heavy atom. The van der Waals surface area contributed by atoms with Crippen LogP contribution in [0.3, 0.4) is 0 Å². The Kier molecular flexibility index (Phi) is 4.85. The van der Waals surface area contributed by atoms with E-state index in [9.17, 15) is 13.6 Å². The van der Waals surface area contributed by atoms with E-state index in [-0.39, 0.29) is 5.78 Å². The topological polar surface area (TPSA) is 26.3 Å². The number of rotatable bonds is 4. The zero-order chi connectivity index (χ0) is 15.4. The van der Waals surface area contributed by atoms with Crippen LogP contribution in [0.15, 0.2) is 46.9 Å². The standard InChI is InChI=1S/C16H11BrF2O2/c1-21-16-7-4-11(9-12(16)17)15(20)6-3-10-2-5-13(18)14(19)8-10/h2-9H,1H3/b6-3+. The van der Waals surface area contributed by atoms with Gasteiger partial charge in [-0.15, -0.1) is 0 Å². The largest absolute Gasteiger partial charge is 0.496 e. The van der Waals surface area contributed by atoms with Gasteiger partial charge in [0.05, 0.1) is 11.6 Å². The lowest BCUT2D eigenvalue weighted by Crippen LogP contribution is -1.95. The molecule has 0 saturated heterocycles. The molecule has 0 aliphatic carbocycles. The van der Waals surface area contributed by atoms with Crippen molar-refractivity contribution < 1.29 is 18.3 Å². The number of carbonyl (C=O) groups is 1. The van der Waals surface area contributed by atoms with Crippen LogP contribution in [-0.4, -0.2) is 12.9 Å². The van der Waals surface area contributed by atoms with E-state index in [1.54, 1.807) is 18.2 Å². The molecule has 0 amide bonds. The Bertz CT molecular complexity index is 711. The van der Waals surface area contributed by atoms with Crippen molar-refractivity contribution in [2.45, 2.75) is 0 Å². The number of carbonyl (C=O) groups excluding carboxylic acids is 1. The van der Waals surface area contributed by atoms with Crippen LogP contribution in [0, 0.1) is 11.6 Å². The van der Waals surface area contributed by atoms with Crippen molar-refractivity contribution in [3.63, 3.8) is 0 Å². The highest BCUT2D eigenvalue weighted by molar-refractivity contribution is 9.10. The Hall–Kier alpha value is -2.01. The van der Waals surface area contributed by atoms with Gasteiger partial charge >= 0.3 is 0 Å². The van der Waals surface area contributed by atoms with E-state index in [1.165, 1.54) is 25.3 Å². The minimum absolute atomic E-state index is 0.247. The first-order valence-electron chi connectivity index (χ1n) is 6.02. The first-order chi connectivity index (χ1) is 10.0. The first-order valence-corrected chi connectivity index (χ1v) is 6.81. The summed E-state index contributed by atoms with van der Waals surface area (Å²) in [5.74, 6) is -1.49. The molecule has 0 bridgehead atoms. The van der Waals surface area contributed by atoms with Gasteiger partial charge in [-0.05, 0) is 57.9 Å². The second-order valence-electron chi connectivity index (χ2n) is 4.22. The molecule has 5 heteroatoms. The van der Waals surface area contributed by atoms with Crippen LogP contribution >= 0.6 is 15.9 Å². The Labute approximate surface area is 129 Å². The van der Waals surface area contributed by atoms with E-state index in [2.05, 4.69) is 15.9 Å². The van der Waals surface area contributed by atoms with Gasteiger partial charge in [-0.25, -0.2) is 8.78 Å². The normalized spacial score (nSPS) is 10.9. The molecule has 0 heterocycles. The summed E-state index contributed by atoms with van der Waals surface area (Å²) >= 11 is 3.30. The molecule has 0 spiro atoms. The molecular weight excluding hydrogens is 342 g/mol. The zero-order valence-corrected chi connectivity index (χ0v) is 12.7. The fraction of sp³-hybridized carbons (Fsp3) is 0.0625. The van der Waals surface area contributed by atoms with Crippen LogP contribution < -0.4 is 4.74 Å². The van der Waals surface area contributed by atoms with Crippen molar-refractivity contribution in [1.29, 1.82) is 0 Å². The van der Waals surface area contributed by atoms with Crippen LogP contribution in [0.5, 0.6) is 5.75 Å². The summed E-state index contributed by atoms with van der Waals surface area (Å²) in [5, 5.41) is 0. The van der Waals surface area contributed by atoms with Crippen molar-refractivity contribution in [1.82, 2.24) is 0 Å². The molecule has 2 nitrogen and oxygen atoms in total. The van der Waals surface area contributed by atoms with E-state index >= 15 is 0 Å². The Balaban J connectivity index is 2.18. The molecule has 0 unspecified atom stereocenters. The summed E-state index contributed by atoms with van der Waals surface area (Å²) < 4.78 is 31.6. The molecule has 0 atom stereocenters. The maximum atomic E-state index is 13.0. The number of methoxy groups -OCH3 is 1. The van der Waals surface area contributed by atoms with Gasteiger partial charge in [0.25, 0.3) is 0 Å². The van der Waals surface area contributed by atoms with Gasteiger partial charge in [0.15, 0.2) is 17.4 Å². The maximum Gasteiger partial charge on any atom is 0.185 e. The molecule has 21 heavy (non-hydrogen) atoms. The number of allylic oxidation sites excluding steroid dienone is 1. The van der Waals surface area contributed by atoms with E-state index in [0.29, 0.717) is 21.3 Å². The number of hydrogen-bond acceptors (Lipinski definition) is 2. The molecule has 2 rings (SSSR count). The van der Waals surface area contributed by atoms with Crippen molar-refractivity contribution in [2.24, 2.45) is 0 Å². The molecule has 0 aliphatic heterocycles. The number of hydrogen-bond donors (Lipinski definition) is 0. The van der Waals surface area contributed by atoms with Crippen molar-refractivity contribution >= 4 is 27.8 Å². The van der Waals surface area contributed by atoms with Crippen LogP contribution in [0.2, 0.25) is 0 Å². The van der Waals surface area contributed by atoms with Gasteiger partial charge in [-0.2, -0.15) is 0 Å². The molecule has 0 N–H and O–H groups in total. The lowest BCUT2D eigenvalue weighted by Gasteiger charge is -2.04. The summed E-state index contributed by atoms with van der Waals surface area (Å²) in [6.45, 7) is 0. The highest BCUT2D eigenvalue weighted by Crippen LogP contribution is 2.25. The minimum Gasteiger partial charge on any atom is -0.496 e. The third-order valence-corrected chi connectivity index (χ3v) is 3.43. The van der Waals surface area contributed by atoms with Crippen LogP contribution in [0.4, 0.5) is 8.78 Å². The Morgan fingerprint density at radius 1 is 1.14 bits per heavy atom. The van der Waals surface area contributed by atoms with Crippen molar-refractivity contribution in [3.8, 4) is 5.75 Å². The average molecular weight is 353 g/mol. The van der Waals surface area contributed by atoms with Gasteiger partial charge in [0.1, 0.15) is 5.75 Å². The van der Waals surface area contributed by atoms with E-state index < -0.39 is 11.6 Å². The molecule has 0 radical (unpaired) electrons. The highest BCUT2D eigenvalue weighted by atomic mass is 79.9. The third kappa shape index (κ3) is 3.76. The van der Waals surface area contributed by atoms with Crippen molar-refractivity contribution in [2.75, 3.05) is 7.11 Å². The quantitative estimate of drug-likeness (QED) is 0.592. The summed E-state index contributed by atoms with van der Waals surface area (Å²) in [6.07, 6.45) is 2.74. The van der Waals surface area contributed by atoms with E-state index in [0.717, 1.165) is 12.1 Å². The number of benzene rings is 2. The van der Waals surface area contributed by atoms with Crippen LogP contribution in [0.1, 0.15) is 15.9 Å². The van der Waals surface area contributed by atoms with Gasteiger partial charge in [-0.3, -0.25) is 4.79 Å². The molecule has 0 fully saturated rings. The number of ether oxygens (including phenoxy) is 1. The molecule has 108 valence electrons. The van der Waals surface area contributed by atoms with Gasteiger partial charge in [0.2, 0.25) is 0 Å². The molecule has 2 aromatic carbocycles. The summed E-state index contributed by atoms with van der Waals surface area (Å²) in [4.78, 5) is 12.0. The monoisotopic (exact) mass is 352 g/mol. The Morgan fingerprint density at radius 2 is 1.90 bits per heavy atom. The lowest BCUT2D eigenvalue weighted by molar-refractivity contribution is 0.104. The third-order valence-electron chi connectivity index (χ3n) is 2.81. The van der Waals surface area contributed by atoms with Gasteiger partial charge in [0, 0.05) is 5.56 Å². The predicted octanol–water partition coefficient (Wildman–Crippen LogP) is 4.63. The second kappa shape index (κ2) is 6.63. The van der Waals surface area contributed by atoms with Crippen LogP contribution in [-0.2, 0) is 0 Å². The fourth-order valence-electron chi connectivity index (χ4n) is 1.70. The SMILES string of the molecule is COc1ccc(C(=O)/C=C/c2ccc(F)c(F)c2)cc1Br. The lowest BCUT2D eigenvalue weighted by atomic mass is 10.1. The van der Waals surface area contributed by atoms with E-state index in [4.69, 9.17) is 4.74 Å². The van der Waals surface area contributed by atoms with Gasteiger partial charge < -0.3 is 4.74 Å². The second-order valence-corrected chi connectivity index (χ2v) is 5.07. The first kappa shape index (κ1) is 15.4. The summed E-state index contributed by atoms with van der Waals surface area (Å²) in [7, 11) is 1.53. The molecule has 0 saturated carbocycles. The zero-order valence-electron chi connectivity index (χ0n) is 11.1. The van der Waals surface area contributed by atoms with Gasteiger partial charge in [-0.1, -0.05) is 12.1 Å². The number of halogens is 3. The van der Waals surface area contributed by atoms with Crippen molar-refractivity contribution in [3.05, 3.63) is 69.7 Å². The molecule has 0 aliphatic rings. The maximum absolute atomic E-state index is 13.0. The molecular formula is C16H11BrF2O2. The minimum atomic E-state index is -0.947. The molecule has 2 aromatic rings. The fourth-order valence-corrected chi connectivity index (χ4v) is 2.24. The summed E-state index contributed by atoms with van der Waals surface area (Å²) in [5.41, 5.74) is 0.872. The van der Waals surface area contributed by atoms with E-state index in [1.807, 2.05) is 0 Å². The predicted molar refractivity (Wildman–Crippen MR) is 80.4 cm³/mol. The average Bonchev–Trinajstić information content (AvgIpc) is 2.48. The summed E-state index contributed by atoms with van der Waals surface area (Å²) in [6, 6.07) is 8.37.